The molecule has 2 amide bonds. The number of benzene rings is 3. The van der Waals surface area contributed by atoms with Crippen molar-refractivity contribution in [3.05, 3.63) is 102 Å². The van der Waals surface area contributed by atoms with Gasteiger partial charge in [0.15, 0.2) is 0 Å². The van der Waals surface area contributed by atoms with Crippen molar-refractivity contribution in [1.82, 2.24) is 14.5 Å². The van der Waals surface area contributed by atoms with Crippen molar-refractivity contribution >= 4 is 21.8 Å². The molecule has 0 radical (unpaired) electrons. The lowest BCUT2D eigenvalue weighted by molar-refractivity contribution is -0.141. The summed E-state index contributed by atoms with van der Waals surface area (Å²) in [6, 6.07) is 26.9. The molecule has 1 atom stereocenters. The summed E-state index contributed by atoms with van der Waals surface area (Å²) in [5, 5.41) is 3.02. The van der Waals surface area contributed by atoms with Crippen molar-refractivity contribution in [3.8, 4) is 0 Å². The molecule has 0 aromatic heterocycles. The Morgan fingerprint density at radius 3 is 1.97 bits per heavy atom. The first-order chi connectivity index (χ1) is 18.8. The molecule has 3 aromatic rings. The van der Waals surface area contributed by atoms with Gasteiger partial charge < -0.3 is 10.2 Å². The molecule has 0 aliphatic carbocycles. The molecule has 208 valence electrons. The third kappa shape index (κ3) is 9.04. The highest BCUT2D eigenvalue weighted by Gasteiger charge is 2.30. The van der Waals surface area contributed by atoms with E-state index in [0.717, 1.165) is 24.0 Å². The highest BCUT2D eigenvalue weighted by atomic mass is 32.2. The third-order valence-corrected chi connectivity index (χ3v) is 8.48. The van der Waals surface area contributed by atoms with E-state index in [2.05, 4.69) is 12.2 Å². The van der Waals surface area contributed by atoms with Crippen molar-refractivity contribution in [2.45, 2.75) is 56.5 Å². The molecule has 3 aromatic carbocycles. The van der Waals surface area contributed by atoms with E-state index in [1.807, 2.05) is 60.7 Å². The maximum Gasteiger partial charge on any atom is 0.243 e. The summed E-state index contributed by atoms with van der Waals surface area (Å²) in [5.41, 5.74) is 1.89. The Morgan fingerprint density at radius 1 is 0.821 bits per heavy atom. The van der Waals surface area contributed by atoms with Crippen molar-refractivity contribution in [1.29, 1.82) is 0 Å². The predicted molar refractivity (Wildman–Crippen MR) is 154 cm³/mol. The minimum Gasteiger partial charge on any atom is -0.354 e. The number of nitrogens with zero attached hydrogens (tertiary/aromatic N) is 2. The number of hydrogen-bond acceptors (Lipinski definition) is 4. The number of sulfonamides is 1. The lowest BCUT2D eigenvalue weighted by Crippen LogP contribution is -2.50. The summed E-state index contributed by atoms with van der Waals surface area (Å²) in [4.78, 5) is 29.0. The SMILES string of the molecule is CCCCNC(=O)[C@H](Cc1ccccc1)N(Cc1ccccc1)C(=O)CCCN(C)S(=O)(=O)c1ccccc1. The Morgan fingerprint density at radius 2 is 1.38 bits per heavy atom. The first-order valence-electron chi connectivity index (χ1n) is 13.5. The molecule has 39 heavy (non-hydrogen) atoms. The maximum absolute atomic E-state index is 13.7. The number of rotatable bonds is 15. The molecule has 0 saturated carbocycles. The van der Waals surface area contributed by atoms with Crippen molar-refractivity contribution in [2.24, 2.45) is 0 Å². The Hall–Kier alpha value is -3.49. The number of carbonyl (C=O) groups is 2. The Bertz CT molecular complexity index is 1270. The monoisotopic (exact) mass is 549 g/mol. The molecule has 0 unspecified atom stereocenters. The fraction of sp³-hybridized carbons (Fsp3) is 0.355. The molecule has 3 rings (SSSR count). The van der Waals surface area contributed by atoms with Crippen molar-refractivity contribution in [2.75, 3.05) is 20.1 Å². The van der Waals surface area contributed by atoms with Crippen LogP contribution in [-0.4, -0.2) is 55.6 Å². The van der Waals surface area contributed by atoms with Gasteiger partial charge in [-0.3, -0.25) is 9.59 Å². The summed E-state index contributed by atoms with van der Waals surface area (Å²) in [7, 11) is -2.12. The van der Waals surface area contributed by atoms with Gasteiger partial charge in [0.05, 0.1) is 4.90 Å². The zero-order valence-corrected chi connectivity index (χ0v) is 23.6. The van der Waals surface area contributed by atoms with E-state index in [4.69, 9.17) is 0 Å². The third-order valence-electron chi connectivity index (χ3n) is 6.61. The Balaban J connectivity index is 1.78. The summed E-state index contributed by atoms with van der Waals surface area (Å²) < 4.78 is 27.0. The van der Waals surface area contributed by atoms with Crippen molar-refractivity contribution in [3.63, 3.8) is 0 Å². The number of amides is 2. The van der Waals surface area contributed by atoms with E-state index in [1.54, 1.807) is 35.2 Å². The average molecular weight is 550 g/mol. The Labute approximate surface area is 232 Å². The molecule has 0 spiro atoms. The van der Waals surface area contributed by atoms with Gasteiger partial charge in [0, 0.05) is 39.5 Å². The van der Waals surface area contributed by atoms with Crippen LogP contribution in [0, 0.1) is 0 Å². The maximum atomic E-state index is 13.7. The first kappa shape index (κ1) is 30.1. The standard InChI is InChI=1S/C31H39N3O4S/c1-3-4-22-32-31(36)29(24-26-15-8-5-9-16-26)34(25-27-17-10-6-11-18-27)30(35)21-14-23-33(2)39(37,38)28-19-12-7-13-20-28/h5-13,15-20,29H,3-4,14,21-25H2,1-2H3,(H,32,36)/t29-/m0/s1. The van der Waals surface area contributed by atoms with E-state index in [1.165, 1.54) is 11.4 Å². The molecule has 8 heteroatoms. The molecule has 0 bridgehead atoms. The van der Waals surface area contributed by atoms with E-state index in [-0.39, 0.29) is 36.2 Å². The molecule has 0 heterocycles. The van der Waals surface area contributed by atoms with E-state index < -0.39 is 16.1 Å². The van der Waals surface area contributed by atoms with Crippen LogP contribution in [0.5, 0.6) is 0 Å². The van der Waals surface area contributed by atoms with Crippen LogP contribution >= 0.6 is 0 Å². The number of carbonyl (C=O) groups excluding carboxylic acids is 2. The summed E-state index contributed by atoms with van der Waals surface area (Å²) in [6.45, 7) is 3.09. The minimum absolute atomic E-state index is 0.120. The van der Waals surface area contributed by atoms with Crippen LogP contribution in [0.15, 0.2) is 95.9 Å². The van der Waals surface area contributed by atoms with Gasteiger partial charge in [-0.25, -0.2) is 12.7 Å². The van der Waals surface area contributed by atoms with E-state index in [0.29, 0.717) is 19.4 Å². The summed E-state index contributed by atoms with van der Waals surface area (Å²) in [6.07, 6.45) is 2.66. The quantitative estimate of drug-likeness (QED) is 0.280. The largest absolute Gasteiger partial charge is 0.354 e. The second kappa shape index (κ2) is 15.2. The molecule has 0 saturated heterocycles. The van der Waals surface area contributed by atoms with E-state index >= 15 is 0 Å². The first-order valence-corrected chi connectivity index (χ1v) is 14.9. The normalized spacial score (nSPS) is 12.2. The fourth-order valence-electron chi connectivity index (χ4n) is 4.33. The number of hydrogen-bond donors (Lipinski definition) is 1. The van der Waals surface area contributed by atoms with Gasteiger partial charge in [0.1, 0.15) is 6.04 Å². The zero-order valence-electron chi connectivity index (χ0n) is 22.8. The van der Waals surface area contributed by atoms with Gasteiger partial charge in [0.2, 0.25) is 21.8 Å². The van der Waals surface area contributed by atoms with Gasteiger partial charge in [-0.2, -0.15) is 0 Å². The van der Waals surface area contributed by atoms with Gasteiger partial charge in [0.25, 0.3) is 0 Å². The molecule has 1 N–H and O–H groups in total. The highest BCUT2D eigenvalue weighted by Crippen LogP contribution is 2.18. The van der Waals surface area contributed by atoms with Gasteiger partial charge in [-0.1, -0.05) is 92.2 Å². The van der Waals surface area contributed by atoms with Crippen LogP contribution in [0.4, 0.5) is 0 Å². The van der Waals surface area contributed by atoms with Crippen LogP contribution in [0.3, 0.4) is 0 Å². The lowest BCUT2D eigenvalue weighted by Gasteiger charge is -2.32. The van der Waals surface area contributed by atoms with Crippen LogP contribution in [0.25, 0.3) is 0 Å². The smallest absolute Gasteiger partial charge is 0.243 e. The van der Waals surface area contributed by atoms with Gasteiger partial charge >= 0.3 is 0 Å². The minimum atomic E-state index is -3.64. The average Bonchev–Trinajstić information content (AvgIpc) is 2.96. The summed E-state index contributed by atoms with van der Waals surface area (Å²) in [5.74, 6) is -0.365. The van der Waals surface area contributed by atoms with Crippen LogP contribution < -0.4 is 5.32 Å². The van der Waals surface area contributed by atoms with Gasteiger partial charge in [-0.15, -0.1) is 0 Å². The second-order valence-electron chi connectivity index (χ2n) is 9.60. The van der Waals surface area contributed by atoms with Crippen LogP contribution in [0.2, 0.25) is 0 Å². The zero-order chi connectivity index (χ0) is 28.1. The molecular formula is C31H39N3O4S. The lowest BCUT2D eigenvalue weighted by atomic mass is 10.0. The van der Waals surface area contributed by atoms with E-state index in [9.17, 15) is 18.0 Å². The topological polar surface area (TPSA) is 86.8 Å². The highest BCUT2D eigenvalue weighted by molar-refractivity contribution is 7.89. The van der Waals surface area contributed by atoms with Crippen molar-refractivity contribution < 1.29 is 18.0 Å². The summed E-state index contributed by atoms with van der Waals surface area (Å²) >= 11 is 0. The molecular weight excluding hydrogens is 510 g/mol. The fourth-order valence-corrected chi connectivity index (χ4v) is 5.56. The van der Waals surface area contributed by atoms with Crippen LogP contribution in [0.1, 0.15) is 43.7 Å². The van der Waals surface area contributed by atoms with Gasteiger partial charge in [-0.05, 0) is 36.1 Å². The predicted octanol–water partition coefficient (Wildman–Crippen LogP) is 4.64. The molecule has 0 fully saturated rings. The van der Waals surface area contributed by atoms with Crippen LogP contribution in [-0.2, 0) is 32.6 Å². The molecule has 7 nitrogen and oxygen atoms in total. The number of unbranched alkanes of at least 4 members (excludes halogenated alkanes) is 1. The second-order valence-corrected chi connectivity index (χ2v) is 11.6. The molecule has 0 aliphatic rings. The molecule has 0 aliphatic heterocycles. The Kier molecular flexibility index (Phi) is 11.7. The number of nitrogens with one attached hydrogen (secondary N) is 1.